The molecule has 0 radical (unpaired) electrons. The first-order valence-corrected chi connectivity index (χ1v) is 7.34. The summed E-state index contributed by atoms with van der Waals surface area (Å²) < 4.78 is 0. The van der Waals surface area contributed by atoms with Gasteiger partial charge in [0.25, 0.3) is 0 Å². The van der Waals surface area contributed by atoms with E-state index in [4.69, 9.17) is 5.73 Å². The zero-order chi connectivity index (χ0) is 12.5. The molecular formula is C14H23NOS. The summed E-state index contributed by atoms with van der Waals surface area (Å²) >= 11 is 1.64. The zero-order valence-corrected chi connectivity index (χ0v) is 11.6. The highest BCUT2D eigenvalue weighted by Gasteiger charge is 2.43. The molecule has 1 heterocycles. The second-order valence-electron chi connectivity index (χ2n) is 6.19. The van der Waals surface area contributed by atoms with Crippen molar-refractivity contribution in [2.24, 2.45) is 16.6 Å². The molecule has 1 fully saturated rings. The first kappa shape index (κ1) is 13.1. The molecule has 2 rings (SSSR count). The van der Waals surface area contributed by atoms with E-state index in [0.717, 1.165) is 31.2 Å². The third-order valence-electron chi connectivity index (χ3n) is 4.44. The predicted molar refractivity (Wildman–Crippen MR) is 73.0 cm³/mol. The number of aliphatic hydroxyl groups excluding tert-OH is 1. The van der Waals surface area contributed by atoms with Crippen LogP contribution in [0.2, 0.25) is 0 Å². The Hall–Kier alpha value is -0.380. The van der Waals surface area contributed by atoms with E-state index in [-0.39, 0.29) is 5.41 Å². The van der Waals surface area contributed by atoms with Gasteiger partial charge >= 0.3 is 0 Å². The molecule has 1 aliphatic rings. The first-order chi connectivity index (χ1) is 7.99. The van der Waals surface area contributed by atoms with Crippen molar-refractivity contribution in [1.29, 1.82) is 0 Å². The smallest absolute Gasteiger partial charge is 0.0866 e. The lowest BCUT2D eigenvalue weighted by atomic mass is 9.62. The molecule has 0 aliphatic heterocycles. The second kappa shape index (κ2) is 4.71. The predicted octanol–water partition coefficient (Wildman–Crippen LogP) is 3.33. The third kappa shape index (κ3) is 2.56. The van der Waals surface area contributed by atoms with Crippen molar-refractivity contribution in [3.63, 3.8) is 0 Å². The molecule has 0 saturated heterocycles. The Kier molecular flexibility index (Phi) is 3.62. The molecule has 0 bridgehead atoms. The van der Waals surface area contributed by atoms with E-state index in [0.29, 0.717) is 12.0 Å². The highest BCUT2D eigenvalue weighted by Crippen LogP contribution is 2.50. The molecule has 3 N–H and O–H groups in total. The molecule has 1 unspecified atom stereocenters. The number of nitrogens with two attached hydrogens (primary N) is 1. The van der Waals surface area contributed by atoms with Gasteiger partial charge in [-0.2, -0.15) is 11.3 Å². The topological polar surface area (TPSA) is 46.2 Å². The van der Waals surface area contributed by atoms with Crippen LogP contribution in [0.4, 0.5) is 0 Å². The Morgan fingerprint density at radius 3 is 2.47 bits per heavy atom. The largest absolute Gasteiger partial charge is 0.388 e. The van der Waals surface area contributed by atoms with E-state index in [9.17, 15) is 5.11 Å². The fraction of sp³-hybridized carbons (Fsp3) is 0.714. The molecule has 1 aromatic heterocycles. The molecule has 0 spiro atoms. The van der Waals surface area contributed by atoms with Crippen molar-refractivity contribution in [3.05, 3.63) is 22.4 Å². The minimum absolute atomic E-state index is 0.101. The molecular weight excluding hydrogens is 230 g/mol. The van der Waals surface area contributed by atoms with Crippen molar-refractivity contribution >= 4 is 11.3 Å². The van der Waals surface area contributed by atoms with Crippen molar-refractivity contribution in [2.75, 3.05) is 6.54 Å². The molecule has 1 aromatic rings. The molecule has 2 nitrogen and oxygen atoms in total. The standard InChI is InChI=1S/C14H23NOS/c1-13(2)4-6-14(10-15,7-5-13)12(16)11-3-8-17-9-11/h3,8-9,12,16H,4-7,10,15H2,1-2H3. The minimum atomic E-state index is -0.394. The number of hydrogen-bond acceptors (Lipinski definition) is 3. The number of aliphatic hydroxyl groups is 1. The van der Waals surface area contributed by atoms with Gasteiger partial charge in [0, 0.05) is 12.0 Å². The van der Waals surface area contributed by atoms with Crippen LogP contribution in [0, 0.1) is 10.8 Å². The quantitative estimate of drug-likeness (QED) is 0.868. The van der Waals surface area contributed by atoms with Crippen LogP contribution < -0.4 is 5.73 Å². The van der Waals surface area contributed by atoms with Crippen LogP contribution in [0.5, 0.6) is 0 Å². The Morgan fingerprint density at radius 1 is 1.35 bits per heavy atom. The van der Waals surface area contributed by atoms with E-state index < -0.39 is 6.10 Å². The normalized spacial score (nSPS) is 24.5. The molecule has 96 valence electrons. The molecule has 1 aliphatic carbocycles. The Morgan fingerprint density at radius 2 is 2.00 bits per heavy atom. The summed E-state index contributed by atoms with van der Waals surface area (Å²) in [4.78, 5) is 0. The fourth-order valence-electron chi connectivity index (χ4n) is 2.80. The van der Waals surface area contributed by atoms with Gasteiger partial charge in [-0.3, -0.25) is 0 Å². The Bertz CT molecular complexity index is 348. The van der Waals surface area contributed by atoms with E-state index in [1.54, 1.807) is 11.3 Å². The van der Waals surface area contributed by atoms with E-state index in [1.807, 2.05) is 16.8 Å². The van der Waals surface area contributed by atoms with Gasteiger partial charge < -0.3 is 10.8 Å². The summed E-state index contributed by atoms with van der Waals surface area (Å²) in [6.45, 7) is 5.20. The van der Waals surface area contributed by atoms with Gasteiger partial charge in [-0.1, -0.05) is 13.8 Å². The molecule has 3 heteroatoms. The van der Waals surface area contributed by atoms with Crippen molar-refractivity contribution < 1.29 is 5.11 Å². The van der Waals surface area contributed by atoms with Crippen LogP contribution in [-0.4, -0.2) is 11.7 Å². The second-order valence-corrected chi connectivity index (χ2v) is 6.97. The highest BCUT2D eigenvalue weighted by atomic mass is 32.1. The Labute approximate surface area is 108 Å². The number of hydrogen-bond donors (Lipinski definition) is 2. The minimum Gasteiger partial charge on any atom is -0.388 e. The van der Waals surface area contributed by atoms with Crippen molar-refractivity contribution in [3.8, 4) is 0 Å². The summed E-state index contributed by atoms with van der Waals surface area (Å²) in [6.07, 6.45) is 3.99. The van der Waals surface area contributed by atoms with Crippen molar-refractivity contribution in [2.45, 2.75) is 45.6 Å². The van der Waals surface area contributed by atoms with Crippen LogP contribution in [0.1, 0.15) is 51.2 Å². The SMILES string of the molecule is CC1(C)CCC(CN)(C(O)c2ccsc2)CC1. The summed E-state index contributed by atoms with van der Waals surface area (Å²) in [5.41, 5.74) is 7.33. The lowest BCUT2D eigenvalue weighted by Gasteiger charge is -2.45. The lowest BCUT2D eigenvalue weighted by Crippen LogP contribution is -2.41. The zero-order valence-electron chi connectivity index (χ0n) is 10.8. The number of rotatable bonds is 3. The molecule has 0 aromatic carbocycles. The van der Waals surface area contributed by atoms with Gasteiger partial charge in [-0.15, -0.1) is 0 Å². The maximum Gasteiger partial charge on any atom is 0.0866 e. The van der Waals surface area contributed by atoms with Gasteiger partial charge in [0.2, 0.25) is 0 Å². The molecule has 1 saturated carbocycles. The maximum atomic E-state index is 10.6. The van der Waals surface area contributed by atoms with Gasteiger partial charge in [0.1, 0.15) is 0 Å². The van der Waals surface area contributed by atoms with Crippen LogP contribution >= 0.6 is 11.3 Å². The van der Waals surface area contributed by atoms with Gasteiger partial charge in [0.15, 0.2) is 0 Å². The lowest BCUT2D eigenvalue weighted by molar-refractivity contribution is -0.0233. The fourth-order valence-corrected chi connectivity index (χ4v) is 3.48. The third-order valence-corrected chi connectivity index (χ3v) is 5.15. The van der Waals surface area contributed by atoms with E-state index in [1.165, 1.54) is 0 Å². The van der Waals surface area contributed by atoms with Gasteiger partial charge in [-0.05, 0) is 53.5 Å². The monoisotopic (exact) mass is 253 g/mol. The van der Waals surface area contributed by atoms with E-state index in [2.05, 4.69) is 13.8 Å². The van der Waals surface area contributed by atoms with Gasteiger partial charge in [0.05, 0.1) is 6.10 Å². The van der Waals surface area contributed by atoms with Gasteiger partial charge in [-0.25, -0.2) is 0 Å². The van der Waals surface area contributed by atoms with Crippen LogP contribution in [0.15, 0.2) is 16.8 Å². The van der Waals surface area contributed by atoms with Crippen molar-refractivity contribution in [1.82, 2.24) is 0 Å². The van der Waals surface area contributed by atoms with Crippen LogP contribution in [-0.2, 0) is 0 Å². The Balaban J connectivity index is 2.16. The summed E-state index contributed by atoms with van der Waals surface area (Å²) in [7, 11) is 0. The molecule has 1 atom stereocenters. The maximum absolute atomic E-state index is 10.6. The average Bonchev–Trinajstić information content (AvgIpc) is 2.82. The molecule has 0 amide bonds. The highest BCUT2D eigenvalue weighted by molar-refractivity contribution is 7.07. The van der Waals surface area contributed by atoms with E-state index >= 15 is 0 Å². The summed E-state index contributed by atoms with van der Waals surface area (Å²) in [5.74, 6) is 0. The average molecular weight is 253 g/mol. The summed E-state index contributed by atoms with van der Waals surface area (Å²) in [5, 5.41) is 14.6. The molecule has 17 heavy (non-hydrogen) atoms. The van der Waals surface area contributed by atoms with Crippen LogP contribution in [0.3, 0.4) is 0 Å². The summed E-state index contributed by atoms with van der Waals surface area (Å²) in [6, 6.07) is 2.02. The first-order valence-electron chi connectivity index (χ1n) is 6.39. The van der Waals surface area contributed by atoms with Crippen LogP contribution in [0.25, 0.3) is 0 Å². The number of thiophene rings is 1.